The van der Waals surface area contributed by atoms with Gasteiger partial charge in [0.25, 0.3) is 0 Å². The van der Waals surface area contributed by atoms with Gasteiger partial charge in [-0.05, 0) is 18.2 Å². The first kappa shape index (κ1) is 19.9. The second kappa shape index (κ2) is 8.05. The van der Waals surface area contributed by atoms with Gasteiger partial charge in [0, 0.05) is 49.9 Å². The third-order valence-corrected chi connectivity index (χ3v) is 6.40. The number of hydrogen-bond donors (Lipinski definition) is 1. The fourth-order valence-electron chi connectivity index (χ4n) is 2.32. The highest BCUT2D eigenvalue weighted by Crippen LogP contribution is 2.26. The molecule has 0 saturated carbocycles. The lowest BCUT2D eigenvalue weighted by Gasteiger charge is -2.11. The summed E-state index contributed by atoms with van der Waals surface area (Å²) >= 11 is 1.29. The molecule has 0 aliphatic carbocycles. The molecule has 0 unspecified atom stereocenters. The predicted molar refractivity (Wildman–Crippen MR) is 109 cm³/mol. The summed E-state index contributed by atoms with van der Waals surface area (Å²) in [6.45, 7) is 0. The van der Waals surface area contributed by atoms with E-state index in [1.807, 2.05) is 0 Å². The molecule has 1 amide bonds. The molecule has 28 heavy (non-hydrogen) atoms. The number of aromatic nitrogens is 3. The van der Waals surface area contributed by atoms with Gasteiger partial charge < -0.3 is 0 Å². The van der Waals surface area contributed by atoms with Crippen molar-refractivity contribution in [1.82, 2.24) is 19.1 Å². The molecule has 0 fully saturated rings. The van der Waals surface area contributed by atoms with Gasteiger partial charge in [-0.15, -0.1) is 11.3 Å². The zero-order chi connectivity index (χ0) is 20.3. The quantitative estimate of drug-likeness (QED) is 0.622. The minimum Gasteiger partial charge on any atom is -0.298 e. The second-order valence-electron chi connectivity index (χ2n) is 6.12. The Balaban J connectivity index is 1.68. The van der Waals surface area contributed by atoms with Gasteiger partial charge in [-0.1, -0.05) is 12.1 Å². The molecule has 0 bridgehead atoms. The van der Waals surface area contributed by atoms with Crippen molar-refractivity contribution < 1.29 is 13.2 Å². The van der Waals surface area contributed by atoms with E-state index in [1.54, 1.807) is 59.8 Å². The Labute approximate surface area is 167 Å². The molecule has 1 aromatic carbocycles. The van der Waals surface area contributed by atoms with Crippen LogP contribution in [-0.2, 0) is 21.9 Å². The van der Waals surface area contributed by atoms with Crippen LogP contribution in [0.1, 0.15) is 5.56 Å². The highest BCUT2D eigenvalue weighted by atomic mass is 32.2. The average Bonchev–Trinajstić information content (AvgIpc) is 3.29. The Hall–Kier alpha value is -2.82. The van der Waals surface area contributed by atoms with Crippen LogP contribution in [0.3, 0.4) is 0 Å². The standard InChI is InChI=1S/C18H19N5O3S2/c1-22(2)28(25,26)15-7-5-14(6-8-15)16-12-27-18(20-16)21-17(24)9-4-13-10-19-23(3)11-13/h4-12H,1-3H3,(H,20,21,24). The maximum Gasteiger partial charge on any atom is 0.250 e. The number of benzene rings is 1. The van der Waals surface area contributed by atoms with Gasteiger partial charge in [-0.3, -0.25) is 14.8 Å². The Kier molecular flexibility index (Phi) is 5.73. The molecule has 0 spiro atoms. The summed E-state index contributed by atoms with van der Waals surface area (Å²) < 4.78 is 27.1. The van der Waals surface area contributed by atoms with Crippen LogP contribution >= 0.6 is 11.3 Å². The molecular weight excluding hydrogens is 398 g/mol. The van der Waals surface area contributed by atoms with E-state index in [9.17, 15) is 13.2 Å². The molecule has 0 atom stereocenters. The largest absolute Gasteiger partial charge is 0.298 e. The molecule has 1 N–H and O–H groups in total. The summed E-state index contributed by atoms with van der Waals surface area (Å²) in [5.74, 6) is -0.294. The van der Waals surface area contributed by atoms with Crippen LogP contribution in [0, 0.1) is 0 Å². The summed E-state index contributed by atoms with van der Waals surface area (Å²) in [6.07, 6.45) is 6.54. The Morgan fingerprint density at radius 1 is 1.25 bits per heavy atom. The first-order valence-corrected chi connectivity index (χ1v) is 10.5. The van der Waals surface area contributed by atoms with E-state index in [2.05, 4.69) is 15.4 Å². The van der Waals surface area contributed by atoms with Gasteiger partial charge >= 0.3 is 0 Å². The van der Waals surface area contributed by atoms with E-state index in [-0.39, 0.29) is 10.8 Å². The second-order valence-corrected chi connectivity index (χ2v) is 9.13. The lowest BCUT2D eigenvalue weighted by Crippen LogP contribution is -2.22. The van der Waals surface area contributed by atoms with E-state index in [4.69, 9.17) is 0 Å². The number of carbonyl (C=O) groups excluding carboxylic acids is 1. The lowest BCUT2D eigenvalue weighted by atomic mass is 10.2. The maximum absolute atomic E-state index is 12.1. The van der Waals surface area contributed by atoms with Crippen LogP contribution in [0.25, 0.3) is 17.3 Å². The Bertz CT molecular complexity index is 1110. The molecule has 3 rings (SSSR count). The number of thiazole rings is 1. The van der Waals surface area contributed by atoms with Gasteiger partial charge in [0.05, 0.1) is 16.8 Å². The molecule has 0 saturated heterocycles. The lowest BCUT2D eigenvalue weighted by molar-refractivity contribution is -0.111. The number of nitrogens with zero attached hydrogens (tertiary/aromatic N) is 4. The number of aryl methyl sites for hydroxylation is 1. The van der Waals surface area contributed by atoms with Gasteiger partial charge in [-0.25, -0.2) is 17.7 Å². The van der Waals surface area contributed by atoms with Gasteiger partial charge in [-0.2, -0.15) is 5.10 Å². The summed E-state index contributed by atoms with van der Waals surface area (Å²) in [4.78, 5) is 16.6. The van der Waals surface area contributed by atoms with Gasteiger partial charge in [0.15, 0.2) is 5.13 Å². The van der Waals surface area contributed by atoms with Crippen LogP contribution in [0.15, 0.2) is 53.0 Å². The molecule has 0 aliphatic rings. The van der Waals surface area contributed by atoms with Crippen molar-refractivity contribution in [2.45, 2.75) is 4.90 Å². The SMILES string of the molecule is CN(C)S(=O)(=O)c1ccc(-c2csc(NC(=O)C=Cc3cnn(C)c3)n2)cc1. The van der Waals surface area contributed by atoms with E-state index in [1.165, 1.54) is 31.5 Å². The van der Waals surface area contributed by atoms with Gasteiger partial charge in [0.2, 0.25) is 15.9 Å². The average molecular weight is 418 g/mol. The van der Waals surface area contributed by atoms with Crippen molar-refractivity contribution in [3.63, 3.8) is 0 Å². The monoisotopic (exact) mass is 417 g/mol. The fourth-order valence-corrected chi connectivity index (χ4v) is 3.94. The summed E-state index contributed by atoms with van der Waals surface area (Å²) in [7, 11) is 1.31. The Morgan fingerprint density at radius 3 is 2.57 bits per heavy atom. The van der Waals surface area contributed by atoms with Crippen LogP contribution in [0.4, 0.5) is 5.13 Å². The van der Waals surface area contributed by atoms with Crippen molar-refractivity contribution in [3.8, 4) is 11.3 Å². The first-order chi connectivity index (χ1) is 13.3. The number of carbonyl (C=O) groups is 1. The molecule has 3 aromatic rings. The van der Waals surface area contributed by atoms with Crippen LogP contribution in [0.5, 0.6) is 0 Å². The normalized spacial score (nSPS) is 12.0. The van der Waals surface area contributed by atoms with Crippen molar-refractivity contribution in [2.75, 3.05) is 19.4 Å². The molecule has 146 valence electrons. The third kappa shape index (κ3) is 4.53. The van der Waals surface area contributed by atoms with Crippen molar-refractivity contribution in [1.29, 1.82) is 0 Å². The minimum atomic E-state index is -3.47. The van der Waals surface area contributed by atoms with Crippen molar-refractivity contribution in [3.05, 3.63) is 53.7 Å². The van der Waals surface area contributed by atoms with E-state index >= 15 is 0 Å². The number of amides is 1. The number of hydrogen-bond acceptors (Lipinski definition) is 6. The minimum absolute atomic E-state index is 0.213. The number of rotatable bonds is 6. The zero-order valence-electron chi connectivity index (χ0n) is 15.5. The van der Waals surface area contributed by atoms with Crippen LogP contribution in [0.2, 0.25) is 0 Å². The van der Waals surface area contributed by atoms with E-state index < -0.39 is 10.0 Å². The van der Waals surface area contributed by atoms with E-state index in [0.717, 1.165) is 15.4 Å². The molecule has 8 nitrogen and oxygen atoms in total. The molecular formula is C18H19N5O3S2. The number of sulfonamides is 1. The number of anilines is 1. The topological polar surface area (TPSA) is 97.2 Å². The molecule has 2 aromatic heterocycles. The van der Waals surface area contributed by atoms with Crippen molar-refractivity contribution in [2.24, 2.45) is 7.05 Å². The summed E-state index contributed by atoms with van der Waals surface area (Å²) in [5.41, 5.74) is 2.25. The van der Waals surface area contributed by atoms with E-state index in [0.29, 0.717) is 10.8 Å². The van der Waals surface area contributed by atoms with Crippen LogP contribution < -0.4 is 5.32 Å². The molecule has 0 aliphatic heterocycles. The summed E-state index contributed by atoms with van der Waals surface area (Å²) in [6, 6.07) is 6.47. The smallest absolute Gasteiger partial charge is 0.250 e. The van der Waals surface area contributed by atoms with Crippen molar-refractivity contribution >= 4 is 38.5 Å². The fraction of sp³-hybridized carbons (Fsp3) is 0.167. The Morgan fingerprint density at radius 2 is 1.96 bits per heavy atom. The molecule has 2 heterocycles. The summed E-state index contributed by atoms with van der Waals surface area (Å²) in [5, 5.41) is 9.00. The predicted octanol–water partition coefficient (Wildman–Crippen LogP) is 2.45. The van der Waals surface area contributed by atoms with Crippen LogP contribution in [-0.4, -0.2) is 47.5 Å². The molecule has 10 heteroatoms. The zero-order valence-corrected chi connectivity index (χ0v) is 17.2. The first-order valence-electron chi connectivity index (χ1n) is 8.22. The maximum atomic E-state index is 12.1. The third-order valence-electron chi connectivity index (χ3n) is 3.81. The highest BCUT2D eigenvalue weighted by molar-refractivity contribution is 7.89. The highest BCUT2D eigenvalue weighted by Gasteiger charge is 2.17. The van der Waals surface area contributed by atoms with Gasteiger partial charge in [0.1, 0.15) is 0 Å². The molecule has 0 radical (unpaired) electrons. The number of nitrogens with one attached hydrogen (secondary N) is 1.